The average molecular weight is 297 g/mol. The van der Waals surface area contributed by atoms with E-state index in [-0.39, 0.29) is 31.4 Å². The maximum atomic E-state index is 12.0. The average Bonchev–Trinajstić information content (AvgIpc) is 2.55. The fraction of sp³-hybridized carbons (Fsp3) is 0.176. The van der Waals surface area contributed by atoms with E-state index in [1.165, 1.54) is 0 Å². The van der Waals surface area contributed by atoms with Gasteiger partial charge in [-0.3, -0.25) is 9.59 Å². The summed E-state index contributed by atoms with van der Waals surface area (Å²) < 4.78 is 10.6. The van der Waals surface area contributed by atoms with Crippen molar-refractivity contribution in [1.82, 2.24) is 0 Å². The van der Waals surface area contributed by atoms with Gasteiger partial charge in [-0.25, -0.2) is 0 Å². The lowest BCUT2D eigenvalue weighted by atomic mass is 10.2. The molecule has 0 saturated heterocycles. The largest absolute Gasteiger partial charge is 0.482 e. The first-order valence-electron chi connectivity index (χ1n) is 7.02. The van der Waals surface area contributed by atoms with E-state index >= 15 is 0 Å². The summed E-state index contributed by atoms with van der Waals surface area (Å²) in [5.74, 6) is 0.619. The van der Waals surface area contributed by atoms with Crippen LogP contribution in [0, 0.1) is 0 Å². The second-order valence-corrected chi connectivity index (χ2v) is 4.84. The zero-order valence-corrected chi connectivity index (χ0v) is 11.9. The van der Waals surface area contributed by atoms with Crippen LogP contribution in [0.1, 0.15) is 6.42 Å². The van der Waals surface area contributed by atoms with Gasteiger partial charge in [0.15, 0.2) is 6.61 Å². The maximum absolute atomic E-state index is 12.0. The first-order valence-corrected chi connectivity index (χ1v) is 7.02. The van der Waals surface area contributed by atoms with Gasteiger partial charge in [0.25, 0.3) is 5.91 Å². The van der Waals surface area contributed by atoms with Crippen LogP contribution < -0.4 is 14.4 Å². The number of fused-ring (bicyclic) bond motifs is 1. The summed E-state index contributed by atoms with van der Waals surface area (Å²) in [5, 5.41) is 0. The molecule has 0 atom stereocenters. The third-order valence-electron chi connectivity index (χ3n) is 3.32. The lowest BCUT2D eigenvalue weighted by Crippen LogP contribution is -2.40. The minimum absolute atomic E-state index is 0.00918. The molecule has 0 saturated carbocycles. The first-order chi connectivity index (χ1) is 10.7. The molecule has 2 aromatic rings. The fourth-order valence-corrected chi connectivity index (χ4v) is 2.27. The van der Waals surface area contributed by atoms with Gasteiger partial charge in [-0.2, -0.15) is 0 Å². The normalized spacial score (nSPS) is 13.3. The molecule has 1 amide bonds. The molecule has 0 aromatic heterocycles. The highest BCUT2D eigenvalue weighted by molar-refractivity contribution is 5.98. The summed E-state index contributed by atoms with van der Waals surface area (Å²) in [5.41, 5.74) is 0.686. The number of para-hydroxylation sites is 3. The van der Waals surface area contributed by atoms with E-state index in [4.69, 9.17) is 9.47 Å². The van der Waals surface area contributed by atoms with Gasteiger partial charge in [0.2, 0.25) is 0 Å². The van der Waals surface area contributed by atoms with Crippen LogP contribution in [0.4, 0.5) is 5.69 Å². The van der Waals surface area contributed by atoms with Crippen LogP contribution in [0.15, 0.2) is 54.6 Å². The van der Waals surface area contributed by atoms with Crippen LogP contribution in [-0.4, -0.2) is 25.0 Å². The van der Waals surface area contributed by atoms with Crippen LogP contribution in [0.3, 0.4) is 0 Å². The number of rotatable bonds is 4. The maximum Gasteiger partial charge on any atom is 0.312 e. The second kappa shape index (κ2) is 6.30. The third-order valence-corrected chi connectivity index (χ3v) is 3.32. The third kappa shape index (κ3) is 3.09. The van der Waals surface area contributed by atoms with Crippen molar-refractivity contribution in [1.29, 1.82) is 0 Å². The molecule has 3 rings (SSSR count). The predicted molar refractivity (Wildman–Crippen MR) is 81.0 cm³/mol. The molecule has 0 aliphatic carbocycles. The second-order valence-electron chi connectivity index (χ2n) is 4.84. The molecule has 22 heavy (non-hydrogen) atoms. The van der Waals surface area contributed by atoms with Crippen molar-refractivity contribution in [3.8, 4) is 11.5 Å². The highest BCUT2D eigenvalue weighted by atomic mass is 16.5. The lowest BCUT2D eigenvalue weighted by Gasteiger charge is -2.28. The quantitative estimate of drug-likeness (QED) is 0.642. The minimum atomic E-state index is -0.372. The Morgan fingerprint density at radius 2 is 1.82 bits per heavy atom. The summed E-state index contributed by atoms with van der Waals surface area (Å²) >= 11 is 0. The van der Waals surface area contributed by atoms with E-state index in [1.807, 2.05) is 18.2 Å². The molecule has 0 unspecified atom stereocenters. The number of esters is 1. The zero-order chi connectivity index (χ0) is 15.4. The molecule has 1 heterocycles. The Morgan fingerprint density at radius 3 is 2.64 bits per heavy atom. The van der Waals surface area contributed by atoms with Crippen LogP contribution in [0.2, 0.25) is 0 Å². The molecule has 1 aliphatic rings. The van der Waals surface area contributed by atoms with Crippen LogP contribution >= 0.6 is 0 Å². The smallest absolute Gasteiger partial charge is 0.312 e. The summed E-state index contributed by atoms with van der Waals surface area (Å²) in [4.78, 5) is 25.4. The van der Waals surface area contributed by atoms with Crippen molar-refractivity contribution in [2.24, 2.45) is 0 Å². The van der Waals surface area contributed by atoms with Crippen molar-refractivity contribution in [2.75, 3.05) is 18.1 Å². The molecule has 0 bridgehead atoms. The number of carbonyl (C=O) groups is 2. The zero-order valence-electron chi connectivity index (χ0n) is 11.9. The van der Waals surface area contributed by atoms with Crippen molar-refractivity contribution in [2.45, 2.75) is 6.42 Å². The molecule has 0 N–H and O–H groups in total. The Morgan fingerprint density at radius 1 is 1.09 bits per heavy atom. The van der Waals surface area contributed by atoms with Gasteiger partial charge < -0.3 is 14.4 Å². The van der Waals surface area contributed by atoms with E-state index in [1.54, 1.807) is 41.3 Å². The van der Waals surface area contributed by atoms with Crippen molar-refractivity contribution in [3.05, 3.63) is 54.6 Å². The monoisotopic (exact) mass is 297 g/mol. The van der Waals surface area contributed by atoms with Gasteiger partial charge in [-0.1, -0.05) is 30.3 Å². The minimum Gasteiger partial charge on any atom is -0.482 e. The molecular weight excluding hydrogens is 282 g/mol. The standard InChI is InChI=1S/C17H15NO4/c19-16-12-21-15-9-5-4-8-14(15)18(16)11-10-17(20)22-13-6-2-1-3-7-13/h1-9H,10-12H2. The first kappa shape index (κ1) is 14.1. The van der Waals surface area contributed by atoms with E-state index in [2.05, 4.69) is 0 Å². The number of hydrogen-bond donors (Lipinski definition) is 0. The number of anilines is 1. The summed E-state index contributed by atoms with van der Waals surface area (Å²) in [7, 11) is 0. The highest BCUT2D eigenvalue weighted by Gasteiger charge is 2.25. The molecule has 0 fully saturated rings. The van der Waals surface area contributed by atoms with Crippen molar-refractivity contribution < 1.29 is 19.1 Å². The molecule has 0 spiro atoms. The van der Waals surface area contributed by atoms with Gasteiger partial charge in [0.05, 0.1) is 12.1 Å². The number of ether oxygens (including phenoxy) is 2. The van der Waals surface area contributed by atoms with Crippen LogP contribution in [-0.2, 0) is 9.59 Å². The Balaban J connectivity index is 1.64. The van der Waals surface area contributed by atoms with Gasteiger partial charge in [-0.15, -0.1) is 0 Å². The van der Waals surface area contributed by atoms with E-state index in [0.29, 0.717) is 17.2 Å². The molecule has 5 heteroatoms. The predicted octanol–water partition coefficient (Wildman–Crippen LogP) is 2.41. The molecule has 0 radical (unpaired) electrons. The molecule has 1 aliphatic heterocycles. The number of hydrogen-bond acceptors (Lipinski definition) is 4. The van der Waals surface area contributed by atoms with E-state index < -0.39 is 0 Å². The van der Waals surface area contributed by atoms with Gasteiger partial charge >= 0.3 is 5.97 Å². The fourth-order valence-electron chi connectivity index (χ4n) is 2.27. The Labute approximate surface area is 128 Å². The summed E-state index contributed by atoms with van der Waals surface area (Å²) in [6, 6.07) is 16.1. The molecular formula is C17H15NO4. The Bertz CT molecular complexity index is 684. The number of nitrogens with zero attached hydrogens (tertiary/aromatic N) is 1. The highest BCUT2D eigenvalue weighted by Crippen LogP contribution is 2.31. The van der Waals surface area contributed by atoms with Crippen LogP contribution in [0.25, 0.3) is 0 Å². The number of benzene rings is 2. The summed E-state index contributed by atoms with van der Waals surface area (Å²) in [6.45, 7) is 0.260. The van der Waals surface area contributed by atoms with Crippen molar-refractivity contribution in [3.63, 3.8) is 0 Å². The van der Waals surface area contributed by atoms with Gasteiger partial charge in [0, 0.05) is 6.54 Å². The van der Waals surface area contributed by atoms with Crippen LogP contribution in [0.5, 0.6) is 11.5 Å². The molecule has 112 valence electrons. The number of amides is 1. The lowest BCUT2D eigenvalue weighted by molar-refractivity contribution is -0.134. The Kier molecular flexibility index (Phi) is 4.05. The van der Waals surface area contributed by atoms with Gasteiger partial charge in [-0.05, 0) is 24.3 Å². The van der Waals surface area contributed by atoms with Crippen molar-refractivity contribution >= 4 is 17.6 Å². The summed E-state index contributed by atoms with van der Waals surface area (Å²) in [6.07, 6.45) is 0.120. The molecule has 2 aromatic carbocycles. The number of carbonyl (C=O) groups excluding carboxylic acids is 2. The van der Waals surface area contributed by atoms with E-state index in [0.717, 1.165) is 0 Å². The molecule has 5 nitrogen and oxygen atoms in total. The Hall–Kier alpha value is -2.82. The topological polar surface area (TPSA) is 55.8 Å². The van der Waals surface area contributed by atoms with Gasteiger partial charge in [0.1, 0.15) is 11.5 Å². The van der Waals surface area contributed by atoms with E-state index in [9.17, 15) is 9.59 Å². The SMILES string of the molecule is O=C(CCN1C(=O)COc2ccccc21)Oc1ccccc1.